The molecule has 0 radical (unpaired) electrons. The number of anilines is 1. The maximum Gasteiger partial charge on any atom is 0.338 e. The van der Waals surface area contributed by atoms with Crippen LogP contribution >= 0.6 is 15.9 Å². The van der Waals surface area contributed by atoms with Gasteiger partial charge in [0.1, 0.15) is 11.5 Å². The number of nitrogens with zero attached hydrogens (tertiary/aromatic N) is 1. The van der Waals surface area contributed by atoms with E-state index in [4.69, 9.17) is 9.47 Å². The monoisotopic (exact) mass is 583 g/mol. The van der Waals surface area contributed by atoms with Crippen molar-refractivity contribution in [3.8, 4) is 11.5 Å². The summed E-state index contributed by atoms with van der Waals surface area (Å²) in [6.07, 6.45) is 0. The van der Waals surface area contributed by atoms with Gasteiger partial charge in [-0.2, -0.15) is 0 Å². The van der Waals surface area contributed by atoms with E-state index in [2.05, 4.69) is 15.9 Å². The van der Waals surface area contributed by atoms with E-state index in [1.807, 2.05) is 32.0 Å². The molecule has 1 aliphatic rings. The number of halogens is 1. The van der Waals surface area contributed by atoms with Crippen molar-refractivity contribution in [2.24, 2.45) is 0 Å². The minimum Gasteiger partial charge on any atom is -0.457 e. The van der Waals surface area contributed by atoms with Crippen LogP contribution in [0.25, 0.3) is 0 Å². The standard InChI is InChI=1S/C31H22BrNO6/c1-18-3-4-19(2)28(15-18)39-24-12-10-23(11-13-24)33-29(35)25-14-7-21(16-26(25)30(33)36)31(37)38-17-27(34)20-5-8-22(32)9-6-20/h3-16H,17H2,1-2H3. The number of Topliss-reactive ketones (excluding diaryl/α,β-unsaturated/α-hetero) is 1. The number of hydrogen-bond acceptors (Lipinski definition) is 6. The largest absolute Gasteiger partial charge is 0.457 e. The normalized spacial score (nSPS) is 12.3. The zero-order valence-corrected chi connectivity index (χ0v) is 22.7. The van der Waals surface area contributed by atoms with Gasteiger partial charge in [0.2, 0.25) is 0 Å². The Balaban J connectivity index is 1.28. The van der Waals surface area contributed by atoms with Gasteiger partial charge < -0.3 is 9.47 Å². The second-order valence-corrected chi connectivity index (χ2v) is 9.99. The topological polar surface area (TPSA) is 90.0 Å². The van der Waals surface area contributed by atoms with Crippen LogP contribution in [0.1, 0.15) is 52.6 Å². The molecule has 4 aromatic carbocycles. The van der Waals surface area contributed by atoms with Crippen LogP contribution in [-0.4, -0.2) is 30.2 Å². The van der Waals surface area contributed by atoms with Crippen molar-refractivity contribution in [3.63, 3.8) is 0 Å². The highest BCUT2D eigenvalue weighted by Gasteiger charge is 2.37. The quantitative estimate of drug-likeness (QED) is 0.137. The van der Waals surface area contributed by atoms with E-state index < -0.39 is 24.4 Å². The lowest BCUT2D eigenvalue weighted by molar-refractivity contribution is 0.0474. The second kappa shape index (κ2) is 10.7. The lowest BCUT2D eigenvalue weighted by atomic mass is 10.1. The number of carbonyl (C=O) groups excluding carboxylic acids is 4. The number of carbonyl (C=O) groups is 4. The average molecular weight is 584 g/mol. The zero-order chi connectivity index (χ0) is 27.7. The van der Waals surface area contributed by atoms with Crippen LogP contribution in [0.3, 0.4) is 0 Å². The molecular weight excluding hydrogens is 562 g/mol. The van der Waals surface area contributed by atoms with Crippen molar-refractivity contribution in [1.82, 2.24) is 0 Å². The van der Waals surface area contributed by atoms with Gasteiger partial charge >= 0.3 is 5.97 Å². The summed E-state index contributed by atoms with van der Waals surface area (Å²) in [5.74, 6) is -0.898. The molecule has 0 atom stereocenters. The first-order valence-corrected chi connectivity index (χ1v) is 12.8. The smallest absolute Gasteiger partial charge is 0.338 e. The molecule has 0 aromatic heterocycles. The zero-order valence-electron chi connectivity index (χ0n) is 21.1. The summed E-state index contributed by atoms with van der Waals surface area (Å²) in [5, 5.41) is 0. The fourth-order valence-corrected chi connectivity index (χ4v) is 4.41. The molecule has 1 heterocycles. The SMILES string of the molecule is Cc1ccc(C)c(Oc2ccc(N3C(=O)c4ccc(C(=O)OCC(=O)c5ccc(Br)cc5)cc4C3=O)cc2)c1. The number of ketones is 1. The third-order valence-corrected chi connectivity index (χ3v) is 6.82. The van der Waals surface area contributed by atoms with Crippen molar-refractivity contribution in [3.05, 3.63) is 123 Å². The predicted octanol–water partition coefficient (Wildman–Crippen LogP) is 6.70. The first-order valence-electron chi connectivity index (χ1n) is 12.0. The molecule has 194 valence electrons. The molecule has 4 aromatic rings. The van der Waals surface area contributed by atoms with Crippen LogP contribution < -0.4 is 9.64 Å². The summed E-state index contributed by atoms with van der Waals surface area (Å²) >= 11 is 3.30. The van der Waals surface area contributed by atoms with Crippen LogP contribution in [0.4, 0.5) is 5.69 Å². The van der Waals surface area contributed by atoms with Crippen LogP contribution in [-0.2, 0) is 4.74 Å². The van der Waals surface area contributed by atoms with Crippen LogP contribution in [0.5, 0.6) is 11.5 Å². The third kappa shape index (κ3) is 5.37. The van der Waals surface area contributed by atoms with E-state index in [0.29, 0.717) is 17.0 Å². The van der Waals surface area contributed by atoms with Crippen molar-refractivity contribution in [2.45, 2.75) is 13.8 Å². The average Bonchev–Trinajstić information content (AvgIpc) is 3.19. The van der Waals surface area contributed by atoms with E-state index in [0.717, 1.165) is 26.2 Å². The van der Waals surface area contributed by atoms with Crippen molar-refractivity contribution >= 4 is 45.2 Å². The second-order valence-electron chi connectivity index (χ2n) is 9.08. The molecule has 0 saturated heterocycles. The van der Waals surface area contributed by atoms with Crippen molar-refractivity contribution < 1.29 is 28.7 Å². The van der Waals surface area contributed by atoms with Gasteiger partial charge in [-0.1, -0.05) is 40.2 Å². The van der Waals surface area contributed by atoms with Gasteiger partial charge in [-0.3, -0.25) is 14.4 Å². The van der Waals surface area contributed by atoms with Gasteiger partial charge in [-0.05, 0) is 85.6 Å². The Bertz CT molecular complexity index is 1630. The van der Waals surface area contributed by atoms with E-state index in [9.17, 15) is 19.2 Å². The number of hydrogen-bond donors (Lipinski definition) is 0. The molecule has 0 aliphatic carbocycles. The first kappa shape index (κ1) is 26.1. The Morgan fingerprint density at radius 2 is 1.44 bits per heavy atom. The molecule has 0 unspecified atom stereocenters. The number of aryl methyl sites for hydroxylation is 2. The number of ether oxygens (including phenoxy) is 2. The molecule has 0 fully saturated rings. The van der Waals surface area contributed by atoms with E-state index >= 15 is 0 Å². The van der Waals surface area contributed by atoms with Gasteiger partial charge in [-0.25, -0.2) is 9.69 Å². The van der Waals surface area contributed by atoms with E-state index in [1.54, 1.807) is 48.5 Å². The van der Waals surface area contributed by atoms with E-state index in [-0.39, 0.29) is 22.5 Å². The summed E-state index contributed by atoms with van der Waals surface area (Å²) in [5.41, 5.74) is 3.16. The Morgan fingerprint density at radius 3 is 2.15 bits per heavy atom. The predicted molar refractivity (Wildman–Crippen MR) is 149 cm³/mol. The maximum absolute atomic E-state index is 13.2. The molecule has 7 nitrogen and oxygen atoms in total. The minimum atomic E-state index is -0.769. The van der Waals surface area contributed by atoms with Gasteiger partial charge in [0, 0.05) is 10.0 Å². The summed E-state index contributed by atoms with van der Waals surface area (Å²) in [7, 11) is 0. The number of benzene rings is 4. The number of rotatable bonds is 7. The fourth-order valence-electron chi connectivity index (χ4n) is 4.14. The molecular formula is C31H22BrNO6. The Labute approximate surface area is 233 Å². The lowest BCUT2D eigenvalue weighted by Gasteiger charge is -2.15. The minimum absolute atomic E-state index is 0.0672. The summed E-state index contributed by atoms with van der Waals surface area (Å²) in [6, 6.07) is 23.4. The van der Waals surface area contributed by atoms with Gasteiger partial charge in [0.15, 0.2) is 12.4 Å². The first-order chi connectivity index (χ1) is 18.7. The highest BCUT2D eigenvalue weighted by atomic mass is 79.9. The van der Waals surface area contributed by atoms with Crippen LogP contribution in [0.2, 0.25) is 0 Å². The van der Waals surface area contributed by atoms with Crippen molar-refractivity contribution in [1.29, 1.82) is 0 Å². The molecule has 1 aliphatic heterocycles. The van der Waals surface area contributed by atoms with Gasteiger partial charge in [0.05, 0.1) is 22.4 Å². The Kier molecular flexibility index (Phi) is 7.13. The van der Waals surface area contributed by atoms with Gasteiger partial charge in [-0.15, -0.1) is 0 Å². The highest BCUT2D eigenvalue weighted by molar-refractivity contribution is 9.10. The molecule has 8 heteroatoms. The molecule has 5 rings (SSSR count). The maximum atomic E-state index is 13.2. The molecule has 0 N–H and O–H groups in total. The van der Waals surface area contributed by atoms with E-state index in [1.165, 1.54) is 18.2 Å². The Morgan fingerprint density at radius 1 is 0.769 bits per heavy atom. The summed E-state index contributed by atoms with van der Waals surface area (Å²) in [6.45, 7) is 3.48. The Hall–Kier alpha value is -4.56. The molecule has 0 saturated carbocycles. The molecule has 0 spiro atoms. The third-order valence-electron chi connectivity index (χ3n) is 6.29. The highest BCUT2D eigenvalue weighted by Crippen LogP contribution is 2.32. The number of imide groups is 1. The molecule has 2 amide bonds. The molecule has 0 bridgehead atoms. The van der Waals surface area contributed by atoms with Gasteiger partial charge in [0.25, 0.3) is 11.8 Å². The number of esters is 1. The molecule has 39 heavy (non-hydrogen) atoms. The number of amides is 2. The lowest BCUT2D eigenvalue weighted by Crippen LogP contribution is -2.29. The summed E-state index contributed by atoms with van der Waals surface area (Å²) < 4.78 is 12.0. The van der Waals surface area contributed by atoms with Crippen molar-refractivity contribution in [2.75, 3.05) is 11.5 Å². The fraction of sp³-hybridized carbons (Fsp3) is 0.0968. The summed E-state index contributed by atoms with van der Waals surface area (Å²) in [4.78, 5) is 52.2. The van der Waals surface area contributed by atoms with Crippen LogP contribution in [0.15, 0.2) is 89.4 Å². The van der Waals surface area contributed by atoms with Crippen LogP contribution in [0, 0.1) is 13.8 Å². The number of fused-ring (bicyclic) bond motifs is 1.